The number of carbonyl (C=O) groups excluding carboxylic acids is 1. The fraction of sp³-hybridized carbons (Fsp3) is 0. The largest absolute Gasteiger partial charge is 0.449 e. The molecule has 0 aromatic carbocycles. The molecule has 1 heterocycles. The Labute approximate surface area is 57.4 Å². The number of hydrogen-bond donors (Lipinski definition) is 1. The molecule has 1 N–H and O–H groups in total. The summed E-state index contributed by atoms with van der Waals surface area (Å²) in [5.41, 5.74) is 0. The smallest absolute Gasteiger partial charge is 0.337 e. The Balaban J connectivity index is 2.86. The molecular weight excluding hydrogens is 135 g/mol. The Hall–Kier alpha value is -0.605. The maximum absolute atomic E-state index is 10.1. The minimum absolute atomic E-state index is 0.635. The van der Waals surface area contributed by atoms with Gasteiger partial charge in [0.2, 0.25) is 0 Å². The number of rotatable bonds is 2. The summed E-state index contributed by atoms with van der Waals surface area (Å²) in [6.45, 7) is 0. The maximum Gasteiger partial charge on any atom is 0.337 e. The van der Waals surface area contributed by atoms with Crippen LogP contribution in [0.2, 0.25) is 0 Å². The van der Waals surface area contributed by atoms with Crippen molar-refractivity contribution in [2.45, 2.75) is 0 Å². The lowest BCUT2D eigenvalue weighted by atomic mass is 10.0. The lowest BCUT2D eigenvalue weighted by Crippen LogP contribution is -2.06. The van der Waals surface area contributed by atoms with Gasteiger partial charge in [0.15, 0.2) is 6.29 Å². The summed E-state index contributed by atoms with van der Waals surface area (Å²) < 4.78 is 0.706. The van der Waals surface area contributed by atoms with E-state index in [9.17, 15) is 4.79 Å². The van der Waals surface area contributed by atoms with Crippen LogP contribution in [0.5, 0.6) is 0 Å². The number of thiophene rings is 1. The molecule has 0 bridgehead atoms. The van der Waals surface area contributed by atoms with Gasteiger partial charge < -0.3 is 5.02 Å². The fourth-order valence-corrected chi connectivity index (χ4v) is 1.15. The standard InChI is InChI=1S/C5H4BO2S/c7-3-4-1-2-5(6-8)9-4/h1-3,8H. The molecule has 9 heavy (non-hydrogen) atoms. The summed E-state index contributed by atoms with van der Waals surface area (Å²) in [6.07, 6.45) is 0.762. The van der Waals surface area contributed by atoms with E-state index < -0.39 is 0 Å². The molecule has 2 nitrogen and oxygen atoms in total. The predicted molar refractivity (Wildman–Crippen MR) is 37.3 cm³/mol. The van der Waals surface area contributed by atoms with E-state index in [2.05, 4.69) is 0 Å². The molecule has 4 heteroatoms. The quantitative estimate of drug-likeness (QED) is 0.455. The minimum atomic E-state index is 0.635. The average molecular weight is 139 g/mol. The van der Waals surface area contributed by atoms with Crippen LogP contribution >= 0.6 is 11.3 Å². The second-order valence-electron chi connectivity index (χ2n) is 1.49. The summed E-state index contributed by atoms with van der Waals surface area (Å²) in [5, 5.41) is 8.42. The van der Waals surface area contributed by atoms with E-state index in [1.54, 1.807) is 12.1 Å². The molecular formula is C5H4BO2S. The Morgan fingerprint density at radius 3 is 2.78 bits per heavy atom. The number of aldehydes is 1. The first-order valence-corrected chi connectivity index (χ1v) is 3.21. The first kappa shape index (κ1) is 6.51. The van der Waals surface area contributed by atoms with Gasteiger partial charge in [0.1, 0.15) is 0 Å². The lowest BCUT2D eigenvalue weighted by Gasteiger charge is -1.76. The highest BCUT2D eigenvalue weighted by Gasteiger charge is 1.97. The third-order valence-electron chi connectivity index (χ3n) is 0.891. The molecule has 0 amide bonds. The van der Waals surface area contributed by atoms with Crippen molar-refractivity contribution < 1.29 is 9.82 Å². The first-order chi connectivity index (χ1) is 4.36. The third-order valence-corrected chi connectivity index (χ3v) is 1.84. The van der Waals surface area contributed by atoms with E-state index in [-0.39, 0.29) is 0 Å². The van der Waals surface area contributed by atoms with Crippen LogP contribution in [-0.2, 0) is 0 Å². The van der Waals surface area contributed by atoms with E-state index in [1.807, 2.05) is 0 Å². The second kappa shape index (κ2) is 2.80. The van der Waals surface area contributed by atoms with E-state index in [1.165, 1.54) is 11.3 Å². The SMILES string of the molecule is O=Cc1ccc([B]O)s1. The van der Waals surface area contributed by atoms with Crippen molar-refractivity contribution in [1.82, 2.24) is 0 Å². The molecule has 0 fully saturated rings. The van der Waals surface area contributed by atoms with E-state index in [0.29, 0.717) is 9.65 Å². The molecule has 0 aliphatic heterocycles. The average Bonchev–Trinajstić information content (AvgIpc) is 2.34. The van der Waals surface area contributed by atoms with Crippen LogP contribution in [0.1, 0.15) is 9.67 Å². The van der Waals surface area contributed by atoms with Gasteiger partial charge in [-0.25, -0.2) is 0 Å². The van der Waals surface area contributed by atoms with Gasteiger partial charge in [0.25, 0.3) is 0 Å². The van der Waals surface area contributed by atoms with Gasteiger partial charge in [-0.05, 0) is 6.07 Å². The van der Waals surface area contributed by atoms with Crippen LogP contribution < -0.4 is 4.78 Å². The van der Waals surface area contributed by atoms with E-state index >= 15 is 0 Å². The number of hydrogen-bond acceptors (Lipinski definition) is 3. The van der Waals surface area contributed by atoms with Gasteiger partial charge in [0, 0.05) is 4.78 Å². The van der Waals surface area contributed by atoms with Crippen LogP contribution in [0.4, 0.5) is 0 Å². The lowest BCUT2D eigenvalue weighted by molar-refractivity contribution is 0.112. The zero-order chi connectivity index (χ0) is 6.69. The molecule has 1 rings (SSSR count). The highest BCUT2D eigenvalue weighted by Crippen LogP contribution is 2.00. The topological polar surface area (TPSA) is 37.3 Å². The van der Waals surface area contributed by atoms with Gasteiger partial charge in [-0.3, -0.25) is 4.79 Å². The Kier molecular flexibility index (Phi) is 2.03. The van der Waals surface area contributed by atoms with Crippen LogP contribution in [0, 0.1) is 0 Å². The predicted octanol–water partition coefficient (Wildman–Crippen LogP) is -0.203. The minimum Gasteiger partial charge on any atom is -0.449 e. The maximum atomic E-state index is 10.1. The zero-order valence-electron chi connectivity index (χ0n) is 4.57. The van der Waals surface area contributed by atoms with Crippen molar-refractivity contribution in [3.8, 4) is 0 Å². The van der Waals surface area contributed by atoms with Crippen LogP contribution in [0.15, 0.2) is 12.1 Å². The van der Waals surface area contributed by atoms with E-state index in [0.717, 1.165) is 13.8 Å². The monoisotopic (exact) mass is 139 g/mol. The van der Waals surface area contributed by atoms with Crippen molar-refractivity contribution >= 4 is 29.9 Å². The molecule has 0 saturated carbocycles. The molecule has 45 valence electrons. The summed E-state index contributed by atoms with van der Waals surface area (Å²) in [5.74, 6) is 0. The molecule has 1 aromatic rings. The Bertz CT molecular complexity index is 208. The molecule has 0 unspecified atom stereocenters. The highest BCUT2D eigenvalue weighted by molar-refractivity contribution is 7.22. The van der Waals surface area contributed by atoms with Gasteiger partial charge in [-0.15, -0.1) is 11.3 Å². The fourth-order valence-electron chi connectivity index (χ4n) is 0.501. The van der Waals surface area contributed by atoms with Gasteiger partial charge in [-0.1, -0.05) is 6.07 Å². The third kappa shape index (κ3) is 1.40. The zero-order valence-corrected chi connectivity index (χ0v) is 5.39. The second-order valence-corrected chi connectivity index (χ2v) is 2.63. The number of carbonyl (C=O) groups is 1. The summed E-state index contributed by atoms with van der Waals surface area (Å²) in [6, 6.07) is 3.36. The van der Waals surface area contributed by atoms with Crippen molar-refractivity contribution in [3.05, 3.63) is 17.0 Å². The molecule has 1 aromatic heterocycles. The van der Waals surface area contributed by atoms with Crippen molar-refractivity contribution in [3.63, 3.8) is 0 Å². The summed E-state index contributed by atoms with van der Waals surface area (Å²) in [7, 11) is 0.984. The van der Waals surface area contributed by atoms with Crippen LogP contribution in [0.25, 0.3) is 0 Å². The highest BCUT2D eigenvalue weighted by atomic mass is 32.1. The molecule has 0 aliphatic carbocycles. The Morgan fingerprint density at radius 2 is 2.44 bits per heavy atom. The Morgan fingerprint density at radius 1 is 1.67 bits per heavy atom. The molecule has 1 radical (unpaired) electrons. The van der Waals surface area contributed by atoms with Crippen molar-refractivity contribution in [1.29, 1.82) is 0 Å². The molecule has 0 atom stereocenters. The van der Waals surface area contributed by atoms with E-state index in [4.69, 9.17) is 5.02 Å². The molecule has 0 aliphatic rings. The van der Waals surface area contributed by atoms with Gasteiger partial charge in [-0.2, -0.15) is 0 Å². The van der Waals surface area contributed by atoms with Crippen LogP contribution in [-0.4, -0.2) is 18.8 Å². The van der Waals surface area contributed by atoms with Crippen molar-refractivity contribution in [2.75, 3.05) is 0 Å². The molecule has 0 saturated heterocycles. The normalized spacial score (nSPS) is 9.00. The van der Waals surface area contributed by atoms with Gasteiger partial charge >= 0.3 is 7.48 Å². The first-order valence-electron chi connectivity index (χ1n) is 2.39. The van der Waals surface area contributed by atoms with Crippen molar-refractivity contribution in [2.24, 2.45) is 0 Å². The van der Waals surface area contributed by atoms with Gasteiger partial charge in [0.05, 0.1) is 4.88 Å². The van der Waals surface area contributed by atoms with Crippen LogP contribution in [0.3, 0.4) is 0 Å². The summed E-state index contributed by atoms with van der Waals surface area (Å²) in [4.78, 5) is 10.7. The summed E-state index contributed by atoms with van der Waals surface area (Å²) >= 11 is 1.26. The molecule has 0 spiro atoms.